The summed E-state index contributed by atoms with van der Waals surface area (Å²) in [5.41, 5.74) is 6.38. The summed E-state index contributed by atoms with van der Waals surface area (Å²) >= 11 is 0. The fraction of sp³-hybridized carbons (Fsp3) is 1.00. The summed E-state index contributed by atoms with van der Waals surface area (Å²) in [6.45, 7) is 1.60. The van der Waals surface area contributed by atoms with E-state index < -0.39 is 0 Å². The van der Waals surface area contributed by atoms with Gasteiger partial charge in [-0.2, -0.15) is 0 Å². The summed E-state index contributed by atoms with van der Waals surface area (Å²) < 4.78 is 11.2. The average Bonchev–Trinajstić information content (AvgIpc) is 2.39. The molecule has 2 N–H and O–H groups in total. The van der Waals surface area contributed by atoms with Crippen molar-refractivity contribution in [1.29, 1.82) is 0 Å². The molecule has 0 aromatic heterocycles. The third kappa shape index (κ3) is 2.41. The van der Waals surface area contributed by atoms with Crippen LogP contribution < -0.4 is 5.73 Å². The molecule has 2 aliphatic rings. The third-order valence-electron chi connectivity index (χ3n) is 4.51. The summed E-state index contributed by atoms with van der Waals surface area (Å²) in [6.07, 6.45) is 8.55. The van der Waals surface area contributed by atoms with Gasteiger partial charge in [0.1, 0.15) is 0 Å². The first-order chi connectivity index (χ1) is 7.78. The van der Waals surface area contributed by atoms with E-state index in [1.165, 1.54) is 32.1 Å². The molecule has 0 radical (unpaired) electrons. The molecular formula is C13H25NO2. The molecule has 1 saturated heterocycles. The van der Waals surface area contributed by atoms with Crippen LogP contribution in [0, 0.1) is 5.92 Å². The fourth-order valence-electron chi connectivity index (χ4n) is 3.31. The normalized spacial score (nSPS) is 28.9. The molecule has 0 spiro atoms. The minimum absolute atomic E-state index is 0.111. The second-order valence-corrected chi connectivity index (χ2v) is 5.31. The van der Waals surface area contributed by atoms with Gasteiger partial charge in [0.25, 0.3) is 0 Å². The maximum Gasteiger partial charge on any atom is 0.0875 e. The predicted molar refractivity (Wildman–Crippen MR) is 64.3 cm³/mol. The van der Waals surface area contributed by atoms with Gasteiger partial charge in [-0.05, 0) is 18.8 Å². The van der Waals surface area contributed by atoms with E-state index in [-0.39, 0.29) is 11.6 Å². The van der Waals surface area contributed by atoms with Gasteiger partial charge in [-0.3, -0.25) is 0 Å². The van der Waals surface area contributed by atoms with Gasteiger partial charge in [0, 0.05) is 39.2 Å². The summed E-state index contributed by atoms with van der Waals surface area (Å²) in [7, 11) is 1.81. The molecule has 2 fully saturated rings. The summed E-state index contributed by atoms with van der Waals surface area (Å²) in [5.74, 6) is 0.659. The smallest absolute Gasteiger partial charge is 0.0875 e. The maximum atomic E-state index is 6.49. The minimum Gasteiger partial charge on any atom is -0.381 e. The molecule has 0 aromatic rings. The maximum absolute atomic E-state index is 6.49. The summed E-state index contributed by atoms with van der Waals surface area (Å²) in [5, 5.41) is 0. The Labute approximate surface area is 98.7 Å². The highest BCUT2D eigenvalue weighted by Gasteiger charge is 2.42. The number of ether oxygens (including phenoxy) is 2. The molecule has 0 amide bonds. The topological polar surface area (TPSA) is 44.5 Å². The number of nitrogens with two attached hydrogens (primary N) is 1. The number of rotatable bonds is 3. The Hall–Kier alpha value is -0.120. The van der Waals surface area contributed by atoms with Crippen LogP contribution in [0.4, 0.5) is 0 Å². The SMILES string of the molecule is COC1(C(N)C2CCCCC2)CCOCC1. The molecule has 1 atom stereocenters. The van der Waals surface area contributed by atoms with Crippen molar-refractivity contribution in [2.75, 3.05) is 20.3 Å². The van der Waals surface area contributed by atoms with E-state index in [0.29, 0.717) is 5.92 Å². The average molecular weight is 227 g/mol. The lowest BCUT2D eigenvalue weighted by molar-refractivity contribution is -0.115. The zero-order chi connectivity index (χ0) is 11.4. The zero-order valence-electron chi connectivity index (χ0n) is 10.4. The Morgan fingerprint density at radius 3 is 2.38 bits per heavy atom. The first-order valence-electron chi connectivity index (χ1n) is 6.67. The second kappa shape index (κ2) is 5.48. The van der Waals surface area contributed by atoms with E-state index in [9.17, 15) is 0 Å². The van der Waals surface area contributed by atoms with Crippen molar-refractivity contribution in [3.05, 3.63) is 0 Å². The lowest BCUT2D eigenvalue weighted by atomic mass is 9.74. The molecular weight excluding hydrogens is 202 g/mol. The summed E-state index contributed by atoms with van der Waals surface area (Å²) in [4.78, 5) is 0. The Morgan fingerprint density at radius 2 is 1.81 bits per heavy atom. The highest BCUT2D eigenvalue weighted by atomic mass is 16.5. The monoisotopic (exact) mass is 227 g/mol. The van der Waals surface area contributed by atoms with E-state index in [0.717, 1.165) is 26.1 Å². The Morgan fingerprint density at radius 1 is 1.19 bits per heavy atom. The van der Waals surface area contributed by atoms with Crippen LogP contribution in [0.25, 0.3) is 0 Å². The first kappa shape index (κ1) is 12.3. The number of methoxy groups -OCH3 is 1. The van der Waals surface area contributed by atoms with E-state index in [4.69, 9.17) is 15.2 Å². The van der Waals surface area contributed by atoms with Gasteiger partial charge in [-0.25, -0.2) is 0 Å². The zero-order valence-corrected chi connectivity index (χ0v) is 10.4. The lowest BCUT2D eigenvalue weighted by Crippen LogP contribution is -2.56. The van der Waals surface area contributed by atoms with Crippen molar-refractivity contribution >= 4 is 0 Å². The van der Waals surface area contributed by atoms with E-state index in [1.807, 2.05) is 7.11 Å². The van der Waals surface area contributed by atoms with Crippen molar-refractivity contribution in [2.24, 2.45) is 11.7 Å². The molecule has 94 valence electrons. The van der Waals surface area contributed by atoms with E-state index in [1.54, 1.807) is 0 Å². The van der Waals surface area contributed by atoms with Crippen LogP contribution in [0.2, 0.25) is 0 Å². The molecule has 1 heterocycles. The minimum atomic E-state index is -0.111. The molecule has 1 aliphatic carbocycles. The number of hydrogen-bond acceptors (Lipinski definition) is 3. The van der Waals surface area contributed by atoms with Gasteiger partial charge in [0.05, 0.1) is 5.60 Å². The quantitative estimate of drug-likeness (QED) is 0.803. The van der Waals surface area contributed by atoms with E-state index >= 15 is 0 Å². The highest BCUT2D eigenvalue weighted by Crippen LogP contribution is 2.36. The largest absolute Gasteiger partial charge is 0.381 e. The van der Waals surface area contributed by atoms with Crippen LogP contribution in [0.5, 0.6) is 0 Å². The molecule has 0 bridgehead atoms. The van der Waals surface area contributed by atoms with Crippen molar-refractivity contribution < 1.29 is 9.47 Å². The van der Waals surface area contributed by atoms with Gasteiger partial charge in [-0.15, -0.1) is 0 Å². The molecule has 16 heavy (non-hydrogen) atoms. The molecule has 1 saturated carbocycles. The van der Waals surface area contributed by atoms with Crippen LogP contribution in [0.15, 0.2) is 0 Å². The Kier molecular flexibility index (Phi) is 4.22. The summed E-state index contributed by atoms with van der Waals surface area (Å²) in [6, 6.07) is 0.196. The fourth-order valence-corrected chi connectivity index (χ4v) is 3.31. The van der Waals surface area contributed by atoms with Gasteiger partial charge in [-0.1, -0.05) is 19.3 Å². The van der Waals surface area contributed by atoms with Gasteiger partial charge >= 0.3 is 0 Å². The van der Waals surface area contributed by atoms with Crippen LogP contribution in [-0.4, -0.2) is 32.0 Å². The van der Waals surface area contributed by atoms with E-state index in [2.05, 4.69) is 0 Å². The van der Waals surface area contributed by atoms with Crippen LogP contribution in [0.3, 0.4) is 0 Å². The second-order valence-electron chi connectivity index (χ2n) is 5.31. The van der Waals surface area contributed by atoms with Crippen LogP contribution >= 0.6 is 0 Å². The molecule has 2 rings (SSSR count). The number of hydrogen-bond donors (Lipinski definition) is 1. The molecule has 3 heteroatoms. The van der Waals surface area contributed by atoms with Gasteiger partial charge in [0.15, 0.2) is 0 Å². The van der Waals surface area contributed by atoms with Crippen molar-refractivity contribution in [2.45, 2.75) is 56.6 Å². The van der Waals surface area contributed by atoms with Crippen molar-refractivity contribution in [3.63, 3.8) is 0 Å². The van der Waals surface area contributed by atoms with Crippen LogP contribution in [-0.2, 0) is 9.47 Å². The molecule has 0 aromatic carbocycles. The van der Waals surface area contributed by atoms with Gasteiger partial charge in [0.2, 0.25) is 0 Å². The van der Waals surface area contributed by atoms with Gasteiger partial charge < -0.3 is 15.2 Å². The standard InChI is InChI=1S/C13H25NO2/c1-15-13(7-9-16-10-8-13)12(14)11-5-3-2-4-6-11/h11-12H,2-10,14H2,1H3. The molecule has 1 aliphatic heterocycles. The van der Waals surface area contributed by atoms with Crippen molar-refractivity contribution in [1.82, 2.24) is 0 Å². The Bertz CT molecular complexity index is 208. The Balaban J connectivity index is 2.00. The highest BCUT2D eigenvalue weighted by molar-refractivity contribution is 4.97. The lowest BCUT2D eigenvalue weighted by Gasteiger charge is -2.44. The first-order valence-corrected chi connectivity index (χ1v) is 6.67. The van der Waals surface area contributed by atoms with Crippen LogP contribution in [0.1, 0.15) is 44.9 Å². The predicted octanol–water partition coefficient (Wildman–Crippen LogP) is 2.09. The third-order valence-corrected chi connectivity index (χ3v) is 4.51. The molecule has 3 nitrogen and oxygen atoms in total. The van der Waals surface area contributed by atoms with Crippen molar-refractivity contribution in [3.8, 4) is 0 Å². The molecule has 1 unspecified atom stereocenters.